The van der Waals surface area contributed by atoms with Crippen LogP contribution in [0.3, 0.4) is 0 Å². The van der Waals surface area contributed by atoms with Gasteiger partial charge in [-0.2, -0.15) is 0 Å². The first-order valence-electron chi connectivity index (χ1n) is 6.09. The highest BCUT2D eigenvalue weighted by molar-refractivity contribution is 5.85. The monoisotopic (exact) mass is 261 g/mol. The molecule has 1 heterocycles. The normalized spacial score (nSPS) is 21.9. The van der Waals surface area contributed by atoms with E-state index in [0.717, 1.165) is 0 Å². The van der Waals surface area contributed by atoms with Crippen LogP contribution in [0.1, 0.15) is 18.5 Å². The standard InChI is InChI=1S/C13H15N3O3/c17-12(15-7-9-5-6-14-8-16-9)10-3-1-2-4-11(10)13(18)19/h1-2,5-6,8,10-11H,3-4,7H2,(H,15,17)(H,18,19)/t10-,11+/m1/s1. The predicted octanol–water partition coefficient (Wildman–Crippen LogP) is 0.760. The first kappa shape index (κ1) is 13.2. The van der Waals surface area contributed by atoms with E-state index >= 15 is 0 Å². The van der Waals surface area contributed by atoms with Crippen LogP contribution in [0.15, 0.2) is 30.7 Å². The molecule has 2 rings (SSSR count). The topological polar surface area (TPSA) is 92.2 Å². The summed E-state index contributed by atoms with van der Waals surface area (Å²) < 4.78 is 0. The maximum absolute atomic E-state index is 12.0. The summed E-state index contributed by atoms with van der Waals surface area (Å²) in [5.41, 5.74) is 0.696. The van der Waals surface area contributed by atoms with Gasteiger partial charge in [0.25, 0.3) is 0 Å². The number of hydrogen-bond donors (Lipinski definition) is 2. The second-order valence-electron chi connectivity index (χ2n) is 4.41. The smallest absolute Gasteiger partial charge is 0.307 e. The lowest BCUT2D eigenvalue weighted by atomic mass is 9.82. The molecule has 1 aliphatic carbocycles. The minimum absolute atomic E-state index is 0.240. The first-order chi connectivity index (χ1) is 9.18. The number of rotatable bonds is 4. The Bertz CT molecular complexity index is 487. The number of carbonyl (C=O) groups is 2. The number of nitrogens with one attached hydrogen (secondary N) is 1. The van der Waals surface area contributed by atoms with E-state index in [9.17, 15) is 9.59 Å². The van der Waals surface area contributed by atoms with E-state index in [1.807, 2.05) is 12.2 Å². The van der Waals surface area contributed by atoms with Gasteiger partial charge < -0.3 is 10.4 Å². The molecule has 0 aromatic carbocycles. The SMILES string of the molecule is O=C(O)[C@H]1CC=CC[C@H]1C(=O)NCc1ccncn1. The van der Waals surface area contributed by atoms with Crippen molar-refractivity contribution < 1.29 is 14.7 Å². The number of amides is 1. The highest BCUT2D eigenvalue weighted by Crippen LogP contribution is 2.26. The lowest BCUT2D eigenvalue weighted by molar-refractivity contribution is -0.147. The van der Waals surface area contributed by atoms with E-state index in [1.54, 1.807) is 12.3 Å². The van der Waals surface area contributed by atoms with E-state index < -0.39 is 17.8 Å². The molecule has 19 heavy (non-hydrogen) atoms. The van der Waals surface area contributed by atoms with Crippen LogP contribution in [0, 0.1) is 11.8 Å². The molecule has 2 N–H and O–H groups in total. The molecule has 1 aliphatic rings. The number of allylic oxidation sites excluding steroid dienone is 2. The molecule has 0 bridgehead atoms. The van der Waals surface area contributed by atoms with E-state index in [0.29, 0.717) is 18.5 Å². The van der Waals surface area contributed by atoms with Crippen molar-refractivity contribution in [1.29, 1.82) is 0 Å². The molecule has 1 aromatic rings. The number of carboxylic acid groups (broad SMARTS) is 1. The summed E-state index contributed by atoms with van der Waals surface area (Å²) in [4.78, 5) is 30.9. The van der Waals surface area contributed by atoms with Gasteiger partial charge in [-0.1, -0.05) is 12.2 Å². The maximum Gasteiger partial charge on any atom is 0.307 e. The molecule has 6 nitrogen and oxygen atoms in total. The van der Waals surface area contributed by atoms with Crippen molar-refractivity contribution in [2.75, 3.05) is 0 Å². The Morgan fingerprint density at radius 1 is 1.32 bits per heavy atom. The van der Waals surface area contributed by atoms with Crippen LogP contribution in [0.5, 0.6) is 0 Å². The minimum Gasteiger partial charge on any atom is -0.481 e. The fourth-order valence-electron chi connectivity index (χ4n) is 2.11. The van der Waals surface area contributed by atoms with Gasteiger partial charge in [-0.25, -0.2) is 9.97 Å². The summed E-state index contributed by atoms with van der Waals surface area (Å²) in [6, 6.07) is 1.70. The number of nitrogens with zero attached hydrogens (tertiary/aromatic N) is 2. The molecular formula is C13H15N3O3. The van der Waals surface area contributed by atoms with Gasteiger partial charge in [0.05, 0.1) is 24.1 Å². The van der Waals surface area contributed by atoms with Gasteiger partial charge in [-0.15, -0.1) is 0 Å². The van der Waals surface area contributed by atoms with Gasteiger partial charge in [-0.05, 0) is 18.9 Å². The molecule has 1 amide bonds. The quantitative estimate of drug-likeness (QED) is 0.781. The third-order valence-electron chi connectivity index (χ3n) is 3.17. The zero-order valence-corrected chi connectivity index (χ0v) is 10.3. The molecule has 0 radical (unpaired) electrons. The van der Waals surface area contributed by atoms with Crippen molar-refractivity contribution in [3.05, 3.63) is 36.4 Å². The van der Waals surface area contributed by atoms with Crippen LogP contribution in [-0.2, 0) is 16.1 Å². The maximum atomic E-state index is 12.0. The summed E-state index contributed by atoms with van der Waals surface area (Å²) in [5, 5.41) is 11.8. The Hall–Kier alpha value is -2.24. The van der Waals surface area contributed by atoms with E-state index in [4.69, 9.17) is 5.11 Å². The number of carbonyl (C=O) groups excluding carboxylic acids is 1. The van der Waals surface area contributed by atoms with Crippen molar-refractivity contribution >= 4 is 11.9 Å². The average Bonchev–Trinajstić information content (AvgIpc) is 2.46. The summed E-state index contributed by atoms with van der Waals surface area (Å²) in [7, 11) is 0. The molecule has 0 unspecified atom stereocenters. The predicted molar refractivity (Wildman–Crippen MR) is 66.9 cm³/mol. The van der Waals surface area contributed by atoms with Crippen LogP contribution < -0.4 is 5.32 Å². The van der Waals surface area contributed by atoms with Crippen molar-refractivity contribution in [2.45, 2.75) is 19.4 Å². The van der Waals surface area contributed by atoms with Crippen molar-refractivity contribution in [3.8, 4) is 0 Å². The van der Waals surface area contributed by atoms with Crippen LogP contribution in [0.25, 0.3) is 0 Å². The van der Waals surface area contributed by atoms with Crippen molar-refractivity contribution in [1.82, 2.24) is 15.3 Å². The van der Waals surface area contributed by atoms with Crippen molar-refractivity contribution in [3.63, 3.8) is 0 Å². The summed E-state index contributed by atoms with van der Waals surface area (Å²) in [5.74, 6) is -2.32. The Labute approximate surface area is 110 Å². The fraction of sp³-hybridized carbons (Fsp3) is 0.385. The van der Waals surface area contributed by atoms with Crippen LogP contribution >= 0.6 is 0 Å². The fourth-order valence-corrected chi connectivity index (χ4v) is 2.11. The average molecular weight is 261 g/mol. The highest BCUT2D eigenvalue weighted by Gasteiger charge is 2.33. The number of aliphatic carboxylic acids is 1. The number of aromatic nitrogens is 2. The first-order valence-corrected chi connectivity index (χ1v) is 6.09. The van der Waals surface area contributed by atoms with Gasteiger partial charge in [0.1, 0.15) is 6.33 Å². The minimum atomic E-state index is -0.925. The Balaban J connectivity index is 1.95. The molecule has 0 fully saturated rings. The molecule has 0 spiro atoms. The summed E-state index contributed by atoms with van der Waals surface area (Å²) in [6.45, 7) is 0.286. The molecule has 1 aromatic heterocycles. The third-order valence-corrected chi connectivity index (χ3v) is 3.17. The Kier molecular flexibility index (Phi) is 4.22. The van der Waals surface area contributed by atoms with Gasteiger partial charge >= 0.3 is 5.97 Å². The summed E-state index contributed by atoms with van der Waals surface area (Å²) in [6.07, 6.45) is 7.54. The molecule has 0 saturated heterocycles. The lowest BCUT2D eigenvalue weighted by Gasteiger charge is -2.24. The second-order valence-corrected chi connectivity index (χ2v) is 4.41. The second kappa shape index (κ2) is 6.08. The molecule has 100 valence electrons. The lowest BCUT2D eigenvalue weighted by Crippen LogP contribution is -2.38. The van der Waals surface area contributed by atoms with Gasteiger partial charge in [-0.3, -0.25) is 9.59 Å². The van der Waals surface area contributed by atoms with Gasteiger partial charge in [0.2, 0.25) is 5.91 Å². The molecule has 6 heteroatoms. The Morgan fingerprint density at radius 2 is 2.05 bits per heavy atom. The Morgan fingerprint density at radius 3 is 2.68 bits per heavy atom. The van der Waals surface area contributed by atoms with E-state index in [2.05, 4.69) is 15.3 Å². The largest absolute Gasteiger partial charge is 0.481 e. The molecule has 0 saturated carbocycles. The molecular weight excluding hydrogens is 246 g/mol. The highest BCUT2D eigenvalue weighted by atomic mass is 16.4. The summed E-state index contributed by atoms with van der Waals surface area (Å²) >= 11 is 0. The zero-order chi connectivity index (χ0) is 13.7. The van der Waals surface area contributed by atoms with E-state index in [1.165, 1.54) is 6.33 Å². The zero-order valence-electron chi connectivity index (χ0n) is 10.3. The number of carboxylic acids is 1. The van der Waals surface area contributed by atoms with Gasteiger partial charge in [0, 0.05) is 6.20 Å². The van der Waals surface area contributed by atoms with Crippen LogP contribution in [0.4, 0.5) is 0 Å². The van der Waals surface area contributed by atoms with Gasteiger partial charge in [0.15, 0.2) is 0 Å². The van der Waals surface area contributed by atoms with E-state index in [-0.39, 0.29) is 12.5 Å². The molecule has 2 atom stereocenters. The van der Waals surface area contributed by atoms with Crippen molar-refractivity contribution in [2.24, 2.45) is 11.8 Å². The van der Waals surface area contributed by atoms with Crippen LogP contribution in [0.2, 0.25) is 0 Å². The number of hydrogen-bond acceptors (Lipinski definition) is 4. The third kappa shape index (κ3) is 3.37. The molecule has 0 aliphatic heterocycles. The van der Waals surface area contributed by atoms with Crippen LogP contribution in [-0.4, -0.2) is 27.0 Å².